The number of nitrogen functional groups attached to an aromatic ring is 1. The van der Waals surface area contributed by atoms with Gasteiger partial charge in [-0.05, 0) is 18.2 Å². The van der Waals surface area contributed by atoms with Crippen LogP contribution in [0.15, 0.2) is 29.3 Å². The molecule has 0 aliphatic heterocycles. The lowest BCUT2D eigenvalue weighted by atomic mass is 10.1. The number of ether oxygens (including phenoxy) is 2. The first-order valence-corrected chi connectivity index (χ1v) is 5.93. The molecular weight excluding hydrogens is 260 g/mol. The van der Waals surface area contributed by atoms with Gasteiger partial charge in [-0.1, -0.05) is 0 Å². The molecule has 0 atom stereocenters. The average molecular weight is 276 g/mol. The summed E-state index contributed by atoms with van der Waals surface area (Å²) in [7, 11) is 3.00. The van der Waals surface area contributed by atoms with Crippen LogP contribution in [0.1, 0.15) is 5.56 Å². The van der Waals surface area contributed by atoms with E-state index in [1.165, 1.54) is 13.4 Å². The van der Waals surface area contributed by atoms with Crippen LogP contribution in [-0.4, -0.2) is 24.2 Å². The summed E-state index contributed by atoms with van der Waals surface area (Å²) >= 11 is 0. The van der Waals surface area contributed by atoms with E-state index in [2.05, 4.69) is 15.3 Å². The number of aromatic nitrogens is 2. The predicted molar refractivity (Wildman–Crippen MR) is 76.1 cm³/mol. The predicted octanol–water partition coefficient (Wildman–Crippen LogP) is 0.981. The van der Waals surface area contributed by atoms with Crippen molar-refractivity contribution < 1.29 is 9.47 Å². The summed E-state index contributed by atoms with van der Waals surface area (Å²) in [4.78, 5) is 18.0. The van der Waals surface area contributed by atoms with Gasteiger partial charge in [0.25, 0.3) is 5.56 Å². The Bertz CT molecular complexity index is 654. The van der Waals surface area contributed by atoms with Crippen molar-refractivity contribution in [1.82, 2.24) is 9.97 Å². The van der Waals surface area contributed by atoms with E-state index in [1.54, 1.807) is 25.3 Å². The molecule has 2 aromatic rings. The lowest BCUT2D eigenvalue weighted by Gasteiger charge is -2.12. The van der Waals surface area contributed by atoms with Crippen molar-refractivity contribution in [1.29, 1.82) is 0 Å². The van der Waals surface area contributed by atoms with Crippen molar-refractivity contribution in [2.45, 2.75) is 6.54 Å². The van der Waals surface area contributed by atoms with E-state index >= 15 is 0 Å². The Balaban J connectivity index is 2.23. The summed E-state index contributed by atoms with van der Waals surface area (Å²) in [5, 5.41) is 3.03. The third kappa shape index (κ3) is 2.82. The van der Waals surface area contributed by atoms with Crippen molar-refractivity contribution in [3.05, 3.63) is 40.4 Å². The number of H-pyrrole nitrogens is 1. The van der Waals surface area contributed by atoms with E-state index in [-0.39, 0.29) is 11.3 Å². The Morgan fingerprint density at radius 1 is 1.35 bits per heavy atom. The molecule has 0 aliphatic rings. The van der Waals surface area contributed by atoms with Gasteiger partial charge >= 0.3 is 0 Å². The maximum absolute atomic E-state index is 11.6. The third-order valence-corrected chi connectivity index (χ3v) is 2.77. The van der Waals surface area contributed by atoms with Gasteiger partial charge in [0.2, 0.25) is 5.75 Å². The number of anilines is 2. The van der Waals surface area contributed by atoms with Crippen molar-refractivity contribution in [3.63, 3.8) is 0 Å². The second kappa shape index (κ2) is 5.96. The van der Waals surface area contributed by atoms with Gasteiger partial charge in [0.05, 0.1) is 20.5 Å². The lowest BCUT2D eigenvalue weighted by Crippen LogP contribution is -2.14. The number of nitrogens with one attached hydrogen (secondary N) is 2. The molecule has 0 saturated carbocycles. The zero-order valence-electron chi connectivity index (χ0n) is 11.3. The van der Waals surface area contributed by atoms with E-state index in [0.717, 1.165) is 5.56 Å². The maximum Gasteiger partial charge on any atom is 0.295 e. The van der Waals surface area contributed by atoms with Crippen LogP contribution < -0.4 is 26.1 Å². The number of hydrogen-bond donors (Lipinski definition) is 3. The normalized spacial score (nSPS) is 10.1. The summed E-state index contributed by atoms with van der Waals surface area (Å²) in [6.07, 6.45) is 1.31. The van der Waals surface area contributed by atoms with Gasteiger partial charge in [-0.15, -0.1) is 0 Å². The molecular formula is C13H16N4O3. The molecule has 7 heteroatoms. The molecule has 1 aromatic carbocycles. The van der Waals surface area contributed by atoms with E-state index in [9.17, 15) is 4.79 Å². The maximum atomic E-state index is 11.6. The molecule has 106 valence electrons. The molecule has 0 aliphatic carbocycles. The SMILES string of the molecule is COc1ccc(N)cc1CNc1nc[nH]c(=O)c1OC. The average Bonchev–Trinajstić information content (AvgIpc) is 2.45. The Morgan fingerprint density at radius 2 is 2.15 bits per heavy atom. The fourth-order valence-corrected chi connectivity index (χ4v) is 1.82. The monoisotopic (exact) mass is 276 g/mol. The molecule has 0 fully saturated rings. The minimum atomic E-state index is -0.343. The molecule has 4 N–H and O–H groups in total. The van der Waals surface area contributed by atoms with Gasteiger partial charge < -0.3 is 25.5 Å². The Kier molecular flexibility index (Phi) is 4.09. The number of rotatable bonds is 5. The van der Waals surface area contributed by atoms with Crippen LogP contribution in [0.3, 0.4) is 0 Å². The first kappa shape index (κ1) is 13.7. The van der Waals surface area contributed by atoms with Crippen LogP contribution >= 0.6 is 0 Å². The Hall–Kier alpha value is -2.70. The minimum absolute atomic E-state index is 0.135. The number of aromatic amines is 1. The Morgan fingerprint density at radius 3 is 2.85 bits per heavy atom. The van der Waals surface area contributed by atoms with Gasteiger partial charge in [-0.3, -0.25) is 4.79 Å². The van der Waals surface area contributed by atoms with E-state index < -0.39 is 0 Å². The van der Waals surface area contributed by atoms with Crippen molar-refractivity contribution >= 4 is 11.5 Å². The smallest absolute Gasteiger partial charge is 0.295 e. The largest absolute Gasteiger partial charge is 0.496 e. The molecule has 0 bridgehead atoms. The quantitative estimate of drug-likeness (QED) is 0.704. The minimum Gasteiger partial charge on any atom is -0.496 e. The number of hydrogen-bond acceptors (Lipinski definition) is 6. The fourth-order valence-electron chi connectivity index (χ4n) is 1.82. The fraction of sp³-hybridized carbons (Fsp3) is 0.231. The zero-order valence-corrected chi connectivity index (χ0v) is 11.3. The topological polar surface area (TPSA) is 102 Å². The van der Waals surface area contributed by atoms with Crippen molar-refractivity contribution in [2.24, 2.45) is 0 Å². The molecule has 0 spiro atoms. The molecule has 1 heterocycles. The molecule has 7 nitrogen and oxygen atoms in total. The van der Waals surface area contributed by atoms with Gasteiger partial charge in [0, 0.05) is 17.8 Å². The molecule has 0 unspecified atom stereocenters. The number of methoxy groups -OCH3 is 2. The molecule has 0 amide bonds. The van der Waals surface area contributed by atoms with Gasteiger partial charge in [-0.25, -0.2) is 4.98 Å². The summed E-state index contributed by atoms with van der Waals surface area (Å²) in [6.45, 7) is 0.404. The standard InChI is InChI=1S/C13H16N4O3/c1-19-10-4-3-9(14)5-8(10)6-15-12-11(20-2)13(18)17-7-16-12/h3-5,7H,6,14H2,1-2H3,(H2,15,16,17,18). The van der Waals surface area contributed by atoms with Crippen molar-refractivity contribution in [2.75, 3.05) is 25.3 Å². The summed E-state index contributed by atoms with van der Waals surface area (Å²) in [6, 6.07) is 5.34. The number of nitrogens with zero attached hydrogens (tertiary/aromatic N) is 1. The second-order valence-electron chi connectivity index (χ2n) is 4.04. The first-order valence-electron chi connectivity index (χ1n) is 5.93. The molecule has 2 rings (SSSR count). The third-order valence-electron chi connectivity index (χ3n) is 2.77. The second-order valence-corrected chi connectivity index (χ2v) is 4.04. The highest BCUT2D eigenvalue weighted by molar-refractivity contribution is 5.52. The van der Waals surface area contributed by atoms with Crippen molar-refractivity contribution in [3.8, 4) is 11.5 Å². The molecule has 0 radical (unpaired) electrons. The molecule has 1 aromatic heterocycles. The van der Waals surface area contributed by atoms with Crippen LogP contribution in [0.2, 0.25) is 0 Å². The zero-order chi connectivity index (χ0) is 14.5. The van der Waals surface area contributed by atoms with E-state index in [0.29, 0.717) is 23.8 Å². The molecule has 20 heavy (non-hydrogen) atoms. The van der Waals surface area contributed by atoms with Crippen LogP contribution in [-0.2, 0) is 6.54 Å². The van der Waals surface area contributed by atoms with E-state index in [1.807, 2.05) is 0 Å². The van der Waals surface area contributed by atoms with Gasteiger partial charge in [0.15, 0.2) is 5.82 Å². The highest BCUT2D eigenvalue weighted by atomic mass is 16.5. The number of nitrogens with two attached hydrogens (primary N) is 1. The molecule has 0 saturated heterocycles. The van der Waals surface area contributed by atoms with E-state index in [4.69, 9.17) is 15.2 Å². The van der Waals surface area contributed by atoms with Gasteiger partial charge in [-0.2, -0.15) is 0 Å². The van der Waals surface area contributed by atoms with Crippen LogP contribution in [0.5, 0.6) is 11.5 Å². The van der Waals surface area contributed by atoms with Crippen LogP contribution in [0, 0.1) is 0 Å². The summed E-state index contributed by atoms with van der Waals surface area (Å²) < 4.78 is 10.3. The Labute approximate surface area is 115 Å². The highest BCUT2D eigenvalue weighted by Gasteiger charge is 2.10. The van der Waals surface area contributed by atoms with Gasteiger partial charge in [0.1, 0.15) is 5.75 Å². The van der Waals surface area contributed by atoms with Crippen LogP contribution in [0.4, 0.5) is 11.5 Å². The van der Waals surface area contributed by atoms with Crippen LogP contribution in [0.25, 0.3) is 0 Å². The number of benzene rings is 1. The first-order chi connectivity index (χ1) is 9.65. The highest BCUT2D eigenvalue weighted by Crippen LogP contribution is 2.23. The lowest BCUT2D eigenvalue weighted by molar-refractivity contribution is 0.406. The summed E-state index contributed by atoms with van der Waals surface area (Å²) in [5.74, 6) is 1.20. The summed E-state index contributed by atoms with van der Waals surface area (Å²) in [5.41, 5.74) is 6.90.